The molecule has 5 heteroatoms. The topological polar surface area (TPSA) is 71.9 Å². The molecular formula is C23H21N3O2. The van der Waals surface area contributed by atoms with Crippen molar-refractivity contribution in [1.82, 2.24) is 4.57 Å². The van der Waals surface area contributed by atoms with E-state index < -0.39 is 4.92 Å². The highest BCUT2D eigenvalue weighted by molar-refractivity contribution is 5.90. The fourth-order valence-corrected chi connectivity index (χ4v) is 3.40. The molecule has 0 saturated carbocycles. The van der Waals surface area contributed by atoms with Crippen molar-refractivity contribution in [2.24, 2.45) is 0 Å². The number of non-ortho nitro benzene ring substituents is 1. The molecule has 3 rings (SSSR count). The number of benzene rings is 2. The van der Waals surface area contributed by atoms with Gasteiger partial charge in [0.1, 0.15) is 0 Å². The van der Waals surface area contributed by atoms with Crippen LogP contribution in [0, 0.1) is 49.1 Å². The third-order valence-corrected chi connectivity index (χ3v) is 5.08. The summed E-state index contributed by atoms with van der Waals surface area (Å²) in [5.41, 5.74) is 7.44. The summed E-state index contributed by atoms with van der Waals surface area (Å²) in [6.07, 6.45) is 1.79. The van der Waals surface area contributed by atoms with Crippen LogP contribution < -0.4 is 0 Å². The van der Waals surface area contributed by atoms with Crippen LogP contribution in [0.2, 0.25) is 0 Å². The number of hydrogen-bond acceptors (Lipinski definition) is 3. The molecule has 0 aliphatic heterocycles. The van der Waals surface area contributed by atoms with Gasteiger partial charge in [-0.1, -0.05) is 24.3 Å². The van der Waals surface area contributed by atoms with E-state index >= 15 is 0 Å². The molecule has 0 aliphatic rings. The van der Waals surface area contributed by atoms with Crippen molar-refractivity contribution in [1.29, 1.82) is 5.26 Å². The maximum absolute atomic E-state index is 11.0. The lowest BCUT2D eigenvalue weighted by atomic mass is 10.0. The fourth-order valence-electron chi connectivity index (χ4n) is 3.40. The molecule has 0 saturated heterocycles. The summed E-state index contributed by atoms with van der Waals surface area (Å²) in [6.45, 7) is 8.24. The first kappa shape index (κ1) is 19.1. The minimum absolute atomic E-state index is 0.0282. The van der Waals surface area contributed by atoms with E-state index in [1.54, 1.807) is 18.2 Å². The molecule has 0 spiro atoms. The van der Waals surface area contributed by atoms with Gasteiger partial charge in [0.25, 0.3) is 5.69 Å². The Labute approximate surface area is 164 Å². The number of nitro groups is 1. The van der Waals surface area contributed by atoms with Crippen LogP contribution in [0.4, 0.5) is 5.69 Å². The number of rotatable bonds is 4. The summed E-state index contributed by atoms with van der Waals surface area (Å²) in [7, 11) is 0. The van der Waals surface area contributed by atoms with Gasteiger partial charge in [0.05, 0.1) is 16.6 Å². The SMILES string of the molecule is Cc1cccc(-n2c(C)cc(/C=C(/C#N)c3cccc([N+](=O)[O-])c3)c2C)c1C. The molecule has 0 unspecified atom stereocenters. The molecule has 3 aromatic rings. The van der Waals surface area contributed by atoms with Gasteiger partial charge in [-0.2, -0.15) is 5.26 Å². The Kier molecular flexibility index (Phi) is 5.14. The number of aromatic nitrogens is 1. The predicted octanol–water partition coefficient (Wildman–Crippen LogP) is 5.68. The largest absolute Gasteiger partial charge is 0.318 e. The van der Waals surface area contributed by atoms with E-state index in [-0.39, 0.29) is 5.69 Å². The number of hydrogen-bond donors (Lipinski definition) is 0. The molecule has 1 heterocycles. The lowest BCUT2D eigenvalue weighted by Crippen LogP contribution is -2.02. The monoisotopic (exact) mass is 371 g/mol. The van der Waals surface area contributed by atoms with Crippen LogP contribution in [-0.4, -0.2) is 9.49 Å². The third-order valence-electron chi connectivity index (χ3n) is 5.08. The molecule has 2 aromatic carbocycles. The van der Waals surface area contributed by atoms with Crippen LogP contribution in [0.1, 0.15) is 33.6 Å². The summed E-state index contributed by atoms with van der Waals surface area (Å²) in [4.78, 5) is 10.6. The van der Waals surface area contributed by atoms with Gasteiger partial charge in [-0.05, 0) is 68.2 Å². The molecule has 0 bridgehead atoms. The van der Waals surface area contributed by atoms with E-state index in [4.69, 9.17) is 0 Å². The molecule has 0 aliphatic carbocycles. The van der Waals surface area contributed by atoms with E-state index in [9.17, 15) is 15.4 Å². The van der Waals surface area contributed by atoms with Gasteiger partial charge in [-0.15, -0.1) is 0 Å². The standard InChI is InChI=1S/C23H21N3O2/c1-15-7-5-10-23(17(15)3)25-16(2)11-20(18(25)4)12-21(14-24)19-8-6-9-22(13-19)26(27)28/h5-13H,1-4H3/b21-12-. The number of aryl methyl sites for hydroxylation is 2. The summed E-state index contributed by atoms with van der Waals surface area (Å²) in [5, 5.41) is 20.7. The summed E-state index contributed by atoms with van der Waals surface area (Å²) in [6, 6.07) is 16.6. The van der Waals surface area contributed by atoms with Crippen molar-refractivity contribution in [2.45, 2.75) is 27.7 Å². The van der Waals surface area contributed by atoms with E-state index in [1.165, 1.54) is 23.3 Å². The van der Waals surface area contributed by atoms with Crippen molar-refractivity contribution >= 4 is 17.3 Å². The number of nitriles is 1. The Morgan fingerprint density at radius 3 is 2.50 bits per heavy atom. The zero-order valence-corrected chi connectivity index (χ0v) is 16.4. The minimum Gasteiger partial charge on any atom is -0.318 e. The molecule has 5 nitrogen and oxygen atoms in total. The zero-order valence-electron chi connectivity index (χ0n) is 16.4. The second-order valence-corrected chi connectivity index (χ2v) is 6.86. The molecular weight excluding hydrogens is 350 g/mol. The minimum atomic E-state index is -0.453. The summed E-state index contributed by atoms with van der Waals surface area (Å²) >= 11 is 0. The van der Waals surface area contributed by atoms with Crippen molar-refractivity contribution in [3.05, 3.63) is 92.3 Å². The number of nitro benzene ring substituents is 1. The zero-order chi connectivity index (χ0) is 20.4. The maximum Gasteiger partial charge on any atom is 0.270 e. The summed E-state index contributed by atoms with van der Waals surface area (Å²) in [5.74, 6) is 0. The van der Waals surface area contributed by atoms with Crippen LogP contribution in [0.3, 0.4) is 0 Å². The van der Waals surface area contributed by atoms with Gasteiger partial charge in [-0.3, -0.25) is 10.1 Å². The second-order valence-electron chi connectivity index (χ2n) is 6.86. The second kappa shape index (κ2) is 7.53. The third kappa shape index (κ3) is 3.45. The highest BCUT2D eigenvalue weighted by Crippen LogP contribution is 2.28. The van der Waals surface area contributed by atoms with Gasteiger partial charge >= 0.3 is 0 Å². The molecule has 0 atom stereocenters. The average molecular weight is 371 g/mol. The first-order chi connectivity index (χ1) is 13.3. The van der Waals surface area contributed by atoms with Gasteiger partial charge in [0.2, 0.25) is 0 Å². The Bertz CT molecular complexity index is 1150. The van der Waals surface area contributed by atoms with E-state index in [2.05, 4.69) is 36.6 Å². The van der Waals surface area contributed by atoms with E-state index in [0.717, 1.165) is 22.6 Å². The normalized spacial score (nSPS) is 11.3. The maximum atomic E-state index is 11.0. The first-order valence-electron chi connectivity index (χ1n) is 8.95. The average Bonchev–Trinajstić information content (AvgIpc) is 2.95. The Morgan fingerprint density at radius 1 is 1.11 bits per heavy atom. The molecule has 1 aromatic heterocycles. The van der Waals surface area contributed by atoms with E-state index in [0.29, 0.717) is 11.1 Å². The highest BCUT2D eigenvalue weighted by Gasteiger charge is 2.14. The van der Waals surface area contributed by atoms with Crippen LogP contribution >= 0.6 is 0 Å². The Balaban J connectivity index is 2.12. The van der Waals surface area contributed by atoms with Crippen molar-refractivity contribution in [2.75, 3.05) is 0 Å². The Hall–Kier alpha value is -3.65. The number of nitrogens with zero attached hydrogens (tertiary/aromatic N) is 3. The van der Waals surface area contributed by atoms with Crippen LogP contribution in [0.15, 0.2) is 48.5 Å². The van der Waals surface area contributed by atoms with Crippen molar-refractivity contribution in [3.63, 3.8) is 0 Å². The Morgan fingerprint density at radius 2 is 1.82 bits per heavy atom. The quantitative estimate of drug-likeness (QED) is 0.336. The first-order valence-corrected chi connectivity index (χ1v) is 8.95. The molecule has 0 radical (unpaired) electrons. The van der Waals surface area contributed by atoms with Crippen LogP contribution in [0.25, 0.3) is 17.3 Å². The van der Waals surface area contributed by atoms with Crippen LogP contribution in [0.5, 0.6) is 0 Å². The smallest absolute Gasteiger partial charge is 0.270 e. The van der Waals surface area contributed by atoms with Crippen LogP contribution in [-0.2, 0) is 0 Å². The molecule has 0 fully saturated rings. The van der Waals surface area contributed by atoms with Crippen molar-refractivity contribution < 1.29 is 4.92 Å². The summed E-state index contributed by atoms with van der Waals surface area (Å²) < 4.78 is 2.18. The molecule has 28 heavy (non-hydrogen) atoms. The highest BCUT2D eigenvalue weighted by atomic mass is 16.6. The molecule has 140 valence electrons. The van der Waals surface area contributed by atoms with E-state index in [1.807, 2.05) is 26.0 Å². The molecule has 0 N–H and O–H groups in total. The van der Waals surface area contributed by atoms with Gasteiger partial charge in [-0.25, -0.2) is 0 Å². The number of allylic oxidation sites excluding steroid dienone is 1. The van der Waals surface area contributed by atoms with Gasteiger partial charge in [0.15, 0.2) is 0 Å². The van der Waals surface area contributed by atoms with Crippen molar-refractivity contribution in [3.8, 4) is 11.8 Å². The fraction of sp³-hybridized carbons (Fsp3) is 0.174. The van der Waals surface area contributed by atoms with Gasteiger partial charge in [0, 0.05) is 29.2 Å². The predicted molar refractivity (Wildman–Crippen MR) is 111 cm³/mol. The molecule has 0 amide bonds. The lowest BCUT2D eigenvalue weighted by Gasteiger charge is -2.14. The van der Waals surface area contributed by atoms with Gasteiger partial charge < -0.3 is 4.57 Å². The lowest BCUT2D eigenvalue weighted by molar-refractivity contribution is -0.384.